The van der Waals surface area contributed by atoms with E-state index in [1.165, 1.54) is 0 Å². The standard InChI is InChI=1S/C2HF3O2.CH4O.H3O4P/c3-2(4,5)1(6)7;1-2;1-5(2,3)4/h(H,6,7);2H,1H3;(H3,1,2,3,4). The van der Waals surface area contributed by atoms with Gasteiger partial charge in [-0.15, -0.1) is 0 Å². The number of aliphatic hydroxyl groups is 1. The summed E-state index contributed by atoms with van der Waals surface area (Å²) in [4.78, 5) is 30.5. The number of alkyl halides is 3. The Labute approximate surface area is 75.7 Å². The van der Waals surface area contributed by atoms with Gasteiger partial charge in [0.2, 0.25) is 0 Å². The van der Waals surface area contributed by atoms with Crippen molar-refractivity contribution in [2.24, 2.45) is 0 Å². The number of hydrogen-bond donors (Lipinski definition) is 5. The highest BCUT2D eigenvalue weighted by molar-refractivity contribution is 7.45. The molecule has 0 aromatic heterocycles. The number of halogens is 3. The topological polar surface area (TPSA) is 135 Å². The monoisotopic (exact) mass is 244 g/mol. The molecule has 14 heavy (non-hydrogen) atoms. The minimum atomic E-state index is -5.08. The van der Waals surface area contributed by atoms with Crippen LogP contribution in [0.4, 0.5) is 13.2 Å². The normalized spacial score (nSPS) is 10.3. The first-order valence-electron chi connectivity index (χ1n) is 2.47. The van der Waals surface area contributed by atoms with E-state index < -0.39 is 20.0 Å². The Morgan fingerprint density at radius 3 is 1.21 bits per heavy atom. The molecule has 0 aliphatic rings. The van der Waals surface area contributed by atoms with E-state index >= 15 is 0 Å². The molecule has 88 valence electrons. The van der Waals surface area contributed by atoms with Gasteiger partial charge in [0, 0.05) is 7.11 Å². The highest BCUT2D eigenvalue weighted by atomic mass is 31.2. The third-order valence-electron chi connectivity index (χ3n) is 0.243. The molecular weight excluding hydrogens is 236 g/mol. The van der Waals surface area contributed by atoms with E-state index in [1.807, 2.05) is 0 Å². The molecule has 11 heteroatoms. The minimum Gasteiger partial charge on any atom is -0.475 e. The molecular formula is C3H8F3O7P. The predicted octanol–water partition coefficient (Wildman–Crippen LogP) is -0.687. The lowest BCUT2D eigenvalue weighted by Gasteiger charge is -1.93. The van der Waals surface area contributed by atoms with E-state index in [-0.39, 0.29) is 0 Å². The number of hydrogen-bond acceptors (Lipinski definition) is 3. The molecule has 0 aromatic carbocycles. The SMILES string of the molecule is CO.O=C(O)C(F)(F)F.O=P(O)(O)O. The van der Waals surface area contributed by atoms with Gasteiger partial charge in [-0.3, -0.25) is 0 Å². The lowest BCUT2D eigenvalue weighted by atomic mass is 10.7. The molecule has 5 N–H and O–H groups in total. The van der Waals surface area contributed by atoms with Crippen molar-refractivity contribution >= 4 is 13.8 Å². The van der Waals surface area contributed by atoms with Crippen LogP contribution in [0.25, 0.3) is 0 Å². The summed E-state index contributed by atoms with van der Waals surface area (Å²) in [5, 5.41) is 14.1. The van der Waals surface area contributed by atoms with Gasteiger partial charge in [-0.1, -0.05) is 0 Å². The highest BCUT2D eigenvalue weighted by Gasteiger charge is 2.38. The van der Waals surface area contributed by atoms with Crippen molar-refractivity contribution < 1.29 is 47.4 Å². The molecule has 0 aromatic rings. The lowest BCUT2D eigenvalue weighted by molar-refractivity contribution is -0.192. The van der Waals surface area contributed by atoms with Crippen LogP contribution < -0.4 is 0 Å². The zero-order valence-electron chi connectivity index (χ0n) is 6.63. The zero-order valence-corrected chi connectivity index (χ0v) is 7.53. The molecule has 0 bridgehead atoms. The van der Waals surface area contributed by atoms with Crippen molar-refractivity contribution in [1.82, 2.24) is 0 Å². The van der Waals surface area contributed by atoms with Crippen LogP contribution in [0.5, 0.6) is 0 Å². The summed E-state index contributed by atoms with van der Waals surface area (Å²) in [6.07, 6.45) is -5.08. The molecule has 0 rings (SSSR count). The maximum Gasteiger partial charge on any atom is 0.490 e. The number of carboxylic acids is 1. The van der Waals surface area contributed by atoms with Crippen LogP contribution in [0.1, 0.15) is 0 Å². The third-order valence-corrected chi connectivity index (χ3v) is 0.243. The first-order chi connectivity index (χ1) is 5.94. The molecule has 0 saturated carbocycles. The Bertz CT molecular complexity index is 187. The number of aliphatic carboxylic acids is 1. The Morgan fingerprint density at radius 1 is 1.14 bits per heavy atom. The molecule has 0 aliphatic carbocycles. The highest BCUT2D eigenvalue weighted by Crippen LogP contribution is 2.25. The lowest BCUT2D eigenvalue weighted by Crippen LogP contribution is -2.21. The minimum absolute atomic E-state index is 1.00. The predicted molar refractivity (Wildman–Crippen MR) is 36.1 cm³/mol. The van der Waals surface area contributed by atoms with Gasteiger partial charge >= 0.3 is 20.0 Å². The Hall–Kier alpha value is -0.670. The van der Waals surface area contributed by atoms with E-state index in [1.54, 1.807) is 0 Å². The fourth-order valence-electron chi connectivity index (χ4n) is 0. The summed E-state index contributed by atoms with van der Waals surface area (Å²) in [6, 6.07) is 0. The molecule has 7 nitrogen and oxygen atoms in total. The maximum atomic E-state index is 10.6. The summed E-state index contributed by atoms with van der Waals surface area (Å²) < 4.78 is 40.6. The molecule has 0 aliphatic heterocycles. The Balaban J connectivity index is -0.000000152. The Morgan fingerprint density at radius 2 is 1.21 bits per heavy atom. The zero-order chi connectivity index (χ0) is 12.6. The summed E-state index contributed by atoms with van der Waals surface area (Å²) in [5.74, 6) is -2.76. The molecule has 0 saturated heterocycles. The van der Waals surface area contributed by atoms with Gasteiger partial charge < -0.3 is 24.9 Å². The van der Waals surface area contributed by atoms with Crippen LogP contribution in [0.2, 0.25) is 0 Å². The number of aliphatic hydroxyl groups excluding tert-OH is 1. The van der Waals surface area contributed by atoms with Crippen molar-refractivity contribution in [1.29, 1.82) is 0 Å². The second-order valence-corrected chi connectivity index (χ2v) is 2.34. The van der Waals surface area contributed by atoms with Crippen molar-refractivity contribution in [2.75, 3.05) is 7.11 Å². The van der Waals surface area contributed by atoms with Crippen molar-refractivity contribution in [2.45, 2.75) is 6.18 Å². The van der Waals surface area contributed by atoms with Crippen LogP contribution in [0, 0.1) is 0 Å². The van der Waals surface area contributed by atoms with Crippen molar-refractivity contribution in [3.05, 3.63) is 0 Å². The maximum absolute atomic E-state index is 10.6. The van der Waals surface area contributed by atoms with E-state index in [0.29, 0.717) is 0 Å². The van der Waals surface area contributed by atoms with Gasteiger partial charge in [0.05, 0.1) is 0 Å². The quantitative estimate of drug-likeness (QED) is 0.356. The summed E-state index contributed by atoms with van der Waals surface area (Å²) in [7, 11) is -3.64. The number of carboxylic acid groups (broad SMARTS) is 1. The number of rotatable bonds is 0. The average molecular weight is 244 g/mol. The molecule has 0 atom stereocenters. The van der Waals surface area contributed by atoms with Gasteiger partial charge in [-0.25, -0.2) is 9.36 Å². The van der Waals surface area contributed by atoms with E-state index in [4.69, 9.17) is 34.3 Å². The molecule has 0 amide bonds. The van der Waals surface area contributed by atoms with Crippen LogP contribution in [0.15, 0.2) is 0 Å². The third kappa shape index (κ3) is 42.6. The largest absolute Gasteiger partial charge is 0.490 e. The van der Waals surface area contributed by atoms with Crippen LogP contribution in [0.3, 0.4) is 0 Å². The van der Waals surface area contributed by atoms with Crippen molar-refractivity contribution in [3.8, 4) is 0 Å². The molecule has 0 radical (unpaired) electrons. The van der Waals surface area contributed by atoms with E-state index in [9.17, 15) is 13.2 Å². The number of carbonyl (C=O) groups is 1. The molecule has 0 heterocycles. The van der Waals surface area contributed by atoms with E-state index in [0.717, 1.165) is 7.11 Å². The summed E-state index contributed by atoms with van der Waals surface area (Å²) >= 11 is 0. The average Bonchev–Trinajstić information content (AvgIpc) is 1.86. The van der Waals surface area contributed by atoms with E-state index in [2.05, 4.69) is 0 Å². The van der Waals surface area contributed by atoms with Gasteiger partial charge in [0.15, 0.2) is 0 Å². The second kappa shape index (κ2) is 7.71. The fraction of sp³-hybridized carbons (Fsp3) is 0.667. The van der Waals surface area contributed by atoms with Gasteiger partial charge in [-0.05, 0) is 0 Å². The second-order valence-electron chi connectivity index (χ2n) is 1.32. The fourth-order valence-corrected chi connectivity index (χ4v) is 0. The molecule has 0 unspecified atom stereocenters. The van der Waals surface area contributed by atoms with Crippen molar-refractivity contribution in [3.63, 3.8) is 0 Å². The first kappa shape index (κ1) is 19.0. The number of phosphoric acid groups is 1. The first-order valence-corrected chi connectivity index (χ1v) is 4.04. The van der Waals surface area contributed by atoms with Gasteiger partial charge in [0.25, 0.3) is 0 Å². The smallest absolute Gasteiger partial charge is 0.475 e. The Kier molecular flexibility index (Phi) is 10.5. The molecule has 0 spiro atoms. The van der Waals surface area contributed by atoms with Crippen LogP contribution >= 0.6 is 7.82 Å². The molecule has 0 fully saturated rings. The van der Waals surface area contributed by atoms with Gasteiger partial charge in [-0.2, -0.15) is 13.2 Å². The van der Waals surface area contributed by atoms with Gasteiger partial charge in [0.1, 0.15) is 0 Å². The van der Waals surface area contributed by atoms with Crippen LogP contribution in [-0.2, 0) is 9.36 Å². The van der Waals surface area contributed by atoms with Crippen LogP contribution in [-0.4, -0.2) is 44.1 Å². The summed E-state index contributed by atoms with van der Waals surface area (Å²) in [6.45, 7) is 0. The summed E-state index contributed by atoms with van der Waals surface area (Å²) in [5.41, 5.74) is 0.